The van der Waals surface area contributed by atoms with Crippen molar-refractivity contribution in [3.05, 3.63) is 51.4 Å². The lowest BCUT2D eigenvalue weighted by Crippen LogP contribution is -2.27. The van der Waals surface area contributed by atoms with Crippen LogP contribution in [0.3, 0.4) is 0 Å². The Hall–Kier alpha value is -1.82. The largest absolute Gasteiger partial charge is 0.382 e. The molecule has 20 heavy (non-hydrogen) atoms. The normalized spacial score (nSPS) is 10.3. The number of nitrogens with one attached hydrogen (secondary N) is 1. The summed E-state index contributed by atoms with van der Waals surface area (Å²) in [6.45, 7) is 1.16. The van der Waals surface area contributed by atoms with Crippen LogP contribution in [0.4, 0.5) is 11.4 Å². The summed E-state index contributed by atoms with van der Waals surface area (Å²) in [6, 6.07) is 9.46. The van der Waals surface area contributed by atoms with Crippen molar-refractivity contribution in [2.45, 2.75) is 6.54 Å². The van der Waals surface area contributed by atoms with Gasteiger partial charge in [0.1, 0.15) is 0 Å². The van der Waals surface area contributed by atoms with Crippen LogP contribution < -0.4 is 15.8 Å². The summed E-state index contributed by atoms with van der Waals surface area (Å²) in [5.74, 6) is 0. The highest BCUT2D eigenvalue weighted by atomic mass is 79.9. The van der Waals surface area contributed by atoms with Crippen molar-refractivity contribution in [2.24, 2.45) is 0 Å². The summed E-state index contributed by atoms with van der Waals surface area (Å²) in [4.78, 5) is 13.7. The fourth-order valence-electron chi connectivity index (χ4n) is 1.74. The number of aromatic nitrogens is 2. The zero-order valence-corrected chi connectivity index (χ0v) is 13.1. The van der Waals surface area contributed by atoms with Crippen LogP contribution in [0.2, 0.25) is 0 Å². The van der Waals surface area contributed by atoms with E-state index in [1.54, 1.807) is 12.3 Å². The number of anilines is 2. The van der Waals surface area contributed by atoms with Crippen LogP contribution in [0.1, 0.15) is 0 Å². The maximum atomic E-state index is 11.9. The second-order valence-electron chi connectivity index (χ2n) is 4.58. The van der Waals surface area contributed by atoms with Crippen LogP contribution in [0.25, 0.3) is 0 Å². The average molecular weight is 337 g/mol. The van der Waals surface area contributed by atoms with E-state index < -0.39 is 0 Å². The van der Waals surface area contributed by atoms with E-state index in [1.807, 2.05) is 43.3 Å². The fraction of sp³-hybridized carbons (Fsp3) is 0.286. The lowest BCUT2D eigenvalue weighted by Gasteiger charge is -2.13. The average Bonchev–Trinajstić information content (AvgIpc) is 2.42. The fourth-order valence-corrected chi connectivity index (χ4v) is 2.16. The summed E-state index contributed by atoms with van der Waals surface area (Å²) in [5, 5.41) is 7.43. The topological polar surface area (TPSA) is 50.2 Å². The summed E-state index contributed by atoms with van der Waals surface area (Å²) in [5.41, 5.74) is 1.72. The Morgan fingerprint density at radius 1 is 1.35 bits per heavy atom. The molecule has 1 N–H and O–H groups in total. The van der Waals surface area contributed by atoms with Gasteiger partial charge in [0, 0.05) is 36.9 Å². The summed E-state index contributed by atoms with van der Waals surface area (Å²) in [7, 11) is 3.77. The molecule has 0 spiro atoms. The Bertz CT molecular complexity index is 639. The third-order valence-electron chi connectivity index (χ3n) is 2.88. The number of hydrogen-bond donors (Lipinski definition) is 1. The van der Waals surface area contributed by atoms with Crippen molar-refractivity contribution in [3.8, 4) is 0 Å². The van der Waals surface area contributed by atoms with E-state index in [4.69, 9.17) is 0 Å². The SMILES string of the molecule is CN(C)c1cnn(CCNc2ccccc2Br)c(=O)c1. The Labute approximate surface area is 126 Å². The van der Waals surface area contributed by atoms with Crippen molar-refractivity contribution in [1.82, 2.24) is 9.78 Å². The molecule has 2 aromatic rings. The van der Waals surface area contributed by atoms with E-state index in [9.17, 15) is 4.79 Å². The molecule has 0 bridgehead atoms. The Morgan fingerprint density at radius 3 is 2.75 bits per heavy atom. The highest BCUT2D eigenvalue weighted by Crippen LogP contribution is 2.20. The minimum atomic E-state index is -0.0925. The zero-order valence-electron chi connectivity index (χ0n) is 11.5. The Kier molecular flexibility index (Phi) is 4.79. The van der Waals surface area contributed by atoms with Gasteiger partial charge in [-0.05, 0) is 28.1 Å². The molecule has 0 unspecified atom stereocenters. The molecule has 1 aromatic carbocycles. The lowest BCUT2D eigenvalue weighted by atomic mass is 10.3. The van der Waals surface area contributed by atoms with Crippen LogP contribution in [0.15, 0.2) is 45.8 Å². The van der Waals surface area contributed by atoms with Gasteiger partial charge in [-0.2, -0.15) is 5.10 Å². The highest BCUT2D eigenvalue weighted by Gasteiger charge is 2.02. The zero-order chi connectivity index (χ0) is 14.5. The second kappa shape index (κ2) is 6.56. The van der Waals surface area contributed by atoms with Crippen LogP contribution in [0.5, 0.6) is 0 Å². The number of benzene rings is 1. The summed E-state index contributed by atoms with van der Waals surface area (Å²) >= 11 is 3.47. The standard InChI is InChI=1S/C14H17BrN4O/c1-18(2)11-9-14(20)19(17-10-11)8-7-16-13-6-4-3-5-12(13)15/h3-6,9-10,16H,7-8H2,1-2H3. The van der Waals surface area contributed by atoms with Gasteiger partial charge < -0.3 is 10.2 Å². The third kappa shape index (κ3) is 3.60. The van der Waals surface area contributed by atoms with Crippen LogP contribution in [-0.4, -0.2) is 30.4 Å². The van der Waals surface area contributed by atoms with Crippen molar-refractivity contribution in [1.29, 1.82) is 0 Å². The molecule has 2 rings (SSSR count). The van der Waals surface area contributed by atoms with Gasteiger partial charge in [-0.1, -0.05) is 12.1 Å². The van der Waals surface area contributed by atoms with Gasteiger partial charge in [-0.15, -0.1) is 0 Å². The van der Waals surface area contributed by atoms with E-state index in [2.05, 4.69) is 26.3 Å². The molecular weight excluding hydrogens is 320 g/mol. The van der Waals surface area contributed by atoms with Crippen molar-refractivity contribution in [3.63, 3.8) is 0 Å². The first-order valence-electron chi connectivity index (χ1n) is 6.31. The first kappa shape index (κ1) is 14.6. The summed E-state index contributed by atoms with van der Waals surface area (Å²) < 4.78 is 2.46. The highest BCUT2D eigenvalue weighted by molar-refractivity contribution is 9.10. The van der Waals surface area contributed by atoms with Gasteiger partial charge in [0.05, 0.1) is 18.4 Å². The molecule has 1 aromatic heterocycles. The smallest absolute Gasteiger partial charge is 0.268 e. The van der Waals surface area contributed by atoms with Gasteiger partial charge in [-0.25, -0.2) is 4.68 Å². The molecule has 106 valence electrons. The van der Waals surface area contributed by atoms with Gasteiger partial charge in [0.2, 0.25) is 0 Å². The molecule has 6 heteroatoms. The van der Waals surface area contributed by atoms with Gasteiger partial charge in [0.25, 0.3) is 5.56 Å². The van der Waals surface area contributed by atoms with E-state index >= 15 is 0 Å². The quantitative estimate of drug-likeness (QED) is 0.909. The van der Waals surface area contributed by atoms with Gasteiger partial charge in [-0.3, -0.25) is 4.79 Å². The molecule has 0 aliphatic rings. The Balaban J connectivity index is 1.98. The molecule has 1 heterocycles. The Morgan fingerprint density at radius 2 is 2.10 bits per heavy atom. The first-order valence-corrected chi connectivity index (χ1v) is 7.10. The molecule has 0 saturated heterocycles. The van der Waals surface area contributed by atoms with E-state index in [0.717, 1.165) is 15.8 Å². The number of nitrogens with zero attached hydrogens (tertiary/aromatic N) is 3. The molecule has 5 nitrogen and oxygen atoms in total. The molecule has 0 atom stereocenters. The maximum Gasteiger partial charge on any atom is 0.268 e. The van der Waals surface area contributed by atoms with E-state index in [1.165, 1.54) is 4.68 Å². The van der Waals surface area contributed by atoms with E-state index in [-0.39, 0.29) is 5.56 Å². The van der Waals surface area contributed by atoms with Crippen LogP contribution >= 0.6 is 15.9 Å². The van der Waals surface area contributed by atoms with Crippen LogP contribution in [-0.2, 0) is 6.54 Å². The lowest BCUT2D eigenvalue weighted by molar-refractivity contribution is 0.597. The predicted octanol–water partition coefficient (Wildman–Crippen LogP) is 2.18. The monoisotopic (exact) mass is 336 g/mol. The molecule has 0 aliphatic carbocycles. The predicted molar refractivity (Wildman–Crippen MR) is 85.5 cm³/mol. The number of rotatable bonds is 5. The number of para-hydroxylation sites is 1. The maximum absolute atomic E-state index is 11.9. The molecule has 0 radical (unpaired) electrons. The number of hydrogen-bond acceptors (Lipinski definition) is 4. The van der Waals surface area contributed by atoms with E-state index in [0.29, 0.717) is 13.1 Å². The van der Waals surface area contributed by atoms with Crippen molar-refractivity contribution >= 4 is 27.3 Å². The van der Waals surface area contributed by atoms with Gasteiger partial charge in [0.15, 0.2) is 0 Å². The minimum Gasteiger partial charge on any atom is -0.382 e. The second-order valence-corrected chi connectivity index (χ2v) is 5.43. The molecule has 0 fully saturated rings. The van der Waals surface area contributed by atoms with Crippen LogP contribution in [0, 0.1) is 0 Å². The van der Waals surface area contributed by atoms with Crippen molar-refractivity contribution < 1.29 is 0 Å². The molecule has 0 aliphatic heterocycles. The van der Waals surface area contributed by atoms with Gasteiger partial charge >= 0.3 is 0 Å². The van der Waals surface area contributed by atoms with Crippen molar-refractivity contribution in [2.75, 3.05) is 30.9 Å². The first-order chi connectivity index (χ1) is 9.58. The summed E-state index contributed by atoms with van der Waals surface area (Å²) in [6.07, 6.45) is 1.69. The minimum absolute atomic E-state index is 0.0925. The third-order valence-corrected chi connectivity index (χ3v) is 3.58. The molecule has 0 amide bonds. The number of halogens is 1. The molecular formula is C14H17BrN4O. The molecule has 0 saturated carbocycles.